The van der Waals surface area contributed by atoms with Gasteiger partial charge >= 0.3 is 6.18 Å². The van der Waals surface area contributed by atoms with Crippen LogP contribution in [-0.2, 0) is 12.6 Å². The van der Waals surface area contributed by atoms with E-state index in [9.17, 15) is 13.2 Å². The quantitative estimate of drug-likeness (QED) is 0.489. The van der Waals surface area contributed by atoms with Gasteiger partial charge in [-0.1, -0.05) is 25.3 Å². The Morgan fingerprint density at radius 3 is 2.56 bits per heavy atom. The first-order valence-electron chi connectivity index (χ1n) is 11.0. The normalized spacial score (nSPS) is 17.0. The molecule has 3 heterocycles. The van der Waals surface area contributed by atoms with Gasteiger partial charge < -0.3 is 14.8 Å². The van der Waals surface area contributed by atoms with E-state index in [0.29, 0.717) is 59.4 Å². The van der Waals surface area contributed by atoms with Gasteiger partial charge in [-0.2, -0.15) is 13.2 Å². The Labute approximate surface area is 188 Å². The fourth-order valence-electron chi connectivity index (χ4n) is 4.32. The molecule has 1 fully saturated rings. The molecule has 2 aliphatic rings. The number of anilines is 1. The van der Waals surface area contributed by atoms with Crippen LogP contribution in [0.5, 0.6) is 11.5 Å². The molecule has 1 aliphatic heterocycles. The van der Waals surface area contributed by atoms with Crippen LogP contribution < -0.4 is 14.8 Å². The molecule has 1 N–H and O–H groups in total. The Bertz CT molecular complexity index is 1110. The average molecular weight is 464 g/mol. The number of nitrogens with zero attached hydrogens (tertiary/aromatic N) is 2. The van der Waals surface area contributed by atoms with Gasteiger partial charge in [0.25, 0.3) is 0 Å². The van der Waals surface area contributed by atoms with Gasteiger partial charge in [0, 0.05) is 12.5 Å². The number of aromatic nitrogens is 2. The smallest absolute Gasteiger partial charge is 0.425 e. The van der Waals surface area contributed by atoms with E-state index in [1.165, 1.54) is 6.42 Å². The third-order valence-corrected chi connectivity index (χ3v) is 7.05. The van der Waals surface area contributed by atoms with Crippen molar-refractivity contribution in [1.29, 1.82) is 0 Å². The third-order valence-electron chi connectivity index (χ3n) is 5.97. The lowest BCUT2D eigenvalue weighted by atomic mass is 9.88. The van der Waals surface area contributed by atoms with Crippen molar-refractivity contribution in [3.63, 3.8) is 0 Å². The number of benzene rings is 1. The van der Waals surface area contributed by atoms with Crippen LogP contribution in [0, 0.1) is 0 Å². The lowest BCUT2D eigenvalue weighted by Gasteiger charge is -2.21. The van der Waals surface area contributed by atoms with E-state index >= 15 is 0 Å². The Morgan fingerprint density at radius 2 is 1.78 bits per heavy atom. The number of rotatable bonds is 5. The summed E-state index contributed by atoms with van der Waals surface area (Å²) in [5, 5.41) is 3.71. The molecule has 0 radical (unpaired) electrons. The lowest BCUT2D eigenvalue weighted by Crippen LogP contribution is -2.15. The van der Waals surface area contributed by atoms with Gasteiger partial charge in [0.15, 0.2) is 11.5 Å². The number of thiophene rings is 1. The van der Waals surface area contributed by atoms with Crippen molar-refractivity contribution >= 4 is 27.4 Å². The van der Waals surface area contributed by atoms with E-state index < -0.39 is 11.1 Å². The summed E-state index contributed by atoms with van der Waals surface area (Å²) < 4.78 is 51.2. The Balaban J connectivity index is 1.39. The maximum absolute atomic E-state index is 13.3. The maximum atomic E-state index is 13.3. The molecule has 0 spiro atoms. The van der Waals surface area contributed by atoms with Gasteiger partial charge in [-0.3, -0.25) is 0 Å². The number of fused-ring (bicyclic) bond motifs is 2. The van der Waals surface area contributed by atoms with Crippen molar-refractivity contribution < 1.29 is 22.6 Å². The molecule has 0 amide bonds. The van der Waals surface area contributed by atoms with Crippen molar-refractivity contribution in [2.75, 3.05) is 25.1 Å². The molecule has 0 unspecified atom stereocenters. The largest absolute Gasteiger partial charge is 0.486 e. The Morgan fingerprint density at radius 1 is 1.00 bits per heavy atom. The predicted molar refractivity (Wildman–Crippen MR) is 118 cm³/mol. The summed E-state index contributed by atoms with van der Waals surface area (Å²) in [6.07, 6.45) is 1.67. The minimum atomic E-state index is -4.39. The molecule has 170 valence electrons. The number of hydrogen-bond acceptors (Lipinski definition) is 6. The second-order valence-corrected chi connectivity index (χ2v) is 9.28. The first-order valence-corrected chi connectivity index (χ1v) is 11.8. The lowest BCUT2D eigenvalue weighted by molar-refractivity contribution is -0.134. The number of alkyl halides is 3. The summed E-state index contributed by atoms with van der Waals surface area (Å²) >= 11 is 0.695. The second kappa shape index (κ2) is 8.77. The van der Waals surface area contributed by atoms with Crippen LogP contribution in [0.3, 0.4) is 0 Å². The highest BCUT2D eigenvalue weighted by Crippen LogP contribution is 2.41. The van der Waals surface area contributed by atoms with E-state index in [-0.39, 0.29) is 5.92 Å². The predicted octanol–water partition coefficient (Wildman–Crippen LogP) is 6.18. The Kier molecular flexibility index (Phi) is 5.84. The zero-order valence-corrected chi connectivity index (χ0v) is 18.3. The van der Waals surface area contributed by atoms with Crippen LogP contribution in [0.25, 0.3) is 10.2 Å². The minimum Gasteiger partial charge on any atom is -0.486 e. The van der Waals surface area contributed by atoms with E-state index in [1.54, 1.807) is 0 Å². The van der Waals surface area contributed by atoms with Crippen LogP contribution in [-0.4, -0.2) is 29.7 Å². The summed E-state index contributed by atoms with van der Waals surface area (Å²) in [6, 6.07) is 6.98. The van der Waals surface area contributed by atoms with Crippen LogP contribution in [0.2, 0.25) is 0 Å². The van der Waals surface area contributed by atoms with Crippen LogP contribution in [0.1, 0.15) is 54.3 Å². The SMILES string of the molecule is FC(F)(F)c1cc2c(NCCc3ccc4c(c3)OCCO4)nc(C3CCCCC3)nc2s1. The monoisotopic (exact) mass is 463 g/mol. The molecule has 1 aliphatic carbocycles. The zero-order chi connectivity index (χ0) is 22.1. The molecule has 9 heteroatoms. The molecule has 0 saturated heterocycles. The topological polar surface area (TPSA) is 56.3 Å². The van der Waals surface area contributed by atoms with E-state index in [4.69, 9.17) is 14.5 Å². The summed E-state index contributed by atoms with van der Waals surface area (Å²) in [5.74, 6) is 2.82. The zero-order valence-electron chi connectivity index (χ0n) is 17.5. The molecule has 5 rings (SSSR count). The minimum absolute atomic E-state index is 0.211. The first-order chi connectivity index (χ1) is 15.5. The van der Waals surface area contributed by atoms with Gasteiger partial charge in [-0.05, 0) is 43.0 Å². The van der Waals surface area contributed by atoms with Crippen LogP contribution in [0.4, 0.5) is 19.0 Å². The molecule has 3 aromatic rings. The van der Waals surface area contributed by atoms with Gasteiger partial charge in [-0.15, -0.1) is 11.3 Å². The summed E-state index contributed by atoms with van der Waals surface area (Å²) in [4.78, 5) is 9.00. The van der Waals surface area contributed by atoms with Crippen molar-refractivity contribution in [3.05, 3.63) is 40.5 Å². The van der Waals surface area contributed by atoms with Crippen molar-refractivity contribution in [1.82, 2.24) is 9.97 Å². The highest BCUT2D eigenvalue weighted by molar-refractivity contribution is 7.18. The summed E-state index contributed by atoms with van der Waals surface area (Å²) in [7, 11) is 0. The van der Waals surface area contributed by atoms with Gasteiger partial charge in [-0.25, -0.2) is 9.97 Å². The molecule has 32 heavy (non-hydrogen) atoms. The molecule has 2 aromatic heterocycles. The Hall–Kier alpha value is -2.55. The molecule has 5 nitrogen and oxygen atoms in total. The van der Waals surface area contributed by atoms with Crippen LogP contribution >= 0.6 is 11.3 Å². The molecular formula is C23H24F3N3O2S. The molecule has 1 aromatic carbocycles. The molecule has 0 bridgehead atoms. The second-order valence-electron chi connectivity index (χ2n) is 8.25. The number of nitrogens with one attached hydrogen (secondary N) is 1. The number of halogens is 3. The highest BCUT2D eigenvalue weighted by atomic mass is 32.1. The van der Waals surface area contributed by atoms with Gasteiger partial charge in [0.1, 0.15) is 34.6 Å². The van der Waals surface area contributed by atoms with Crippen LogP contribution in [0.15, 0.2) is 24.3 Å². The van der Waals surface area contributed by atoms with Crippen molar-refractivity contribution in [3.8, 4) is 11.5 Å². The van der Waals surface area contributed by atoms with E-state index in [1.807, 2.05) is 18.2 Å². The fraction of sp³-hybridized carbons (Fsp3) is 0.478. The van der Waals surface area contributed by atoms with Gasteiger partial charge in [0.2, 0.25) is 0 Å². The van der Waals surface area contributed by atoms with Crippen molar-refractivity contribution in [2.24, 2.45) is 0 Å². The highest BCUT2D eigenvalue weighted by Gasteiger charge is 2.34. The van der Waals surface area contributed by atoms with Gasteiger partial charge in [0.05, 0.1) is 5.39 Å². The van der Waals surface area contributed by atoms with Crippen molar-refractivity contribution in [2.45, 2.75) is 50.6 Å². The molecule has 0 atom stereocenters. The standard InChI is InChI=1S/C23H24F3N3O2S/c24-23(25,26)19-13-16-21(28-20(29-22(16)32-19)15-4-2-1-3-5-15)27-9-8-14-6-7-17-18(12-14)31-11-10-30-17/h6-7,12-13,15H,1-5,8-11H2,(H,27,28,29). The molecule has 1 saturated carbocycles. The van der Waals surface area contributed by atoms with E-state index in [2.05, 4.69) is 10.3 Å². The number of ether oxygens (including phenoxy) is 2. The summed E-state index contributed by atoms with van der Waals surface area (Å²) in [5.41, 5.74) is 1.06. The third kappa shape index (κ3) is 4.48. The molecular weight excluding hydrogens is 439 g/mol. The first kappa shape index (κ1) is 21.3. The number of hydrogen-bond donors (Lipinski definition) is 1. The van der Waals surface area contributed by atoms with E-state index in [0.717, 1.165) is 48.8 Å². The average Bonchev–Trinajstić information content (AvgIpc) is 3.25. The maximum Gasteiger partial charge on any atom is 0.425 e. The fourth-order valence-corrected chi connectivity index (χ4v) is 5.23. The summed E-state index contributed by atoms with van der Waals surface area (Å²) in [6.45, 7) is 1.60.